The Bertz CT molecular complexity index is 668. The standard InChI is InChI=1S/C15H17N3O/c1-8-15(19-2)18-14-5-12-10-3-9(6-16-7-10)11(12)4-13(14)17-8/h4-5,9-10,16H,3,6-7H2,1-2H3. The van der Waals surface area contributed by atoms with Crippen molar-refractivity contribution >= 4 is 11.0 Å². The molecule has 1 aliphatic heterocycles. The van der Waals surface area contributed by atoms with Gasteiger partial charge in [0.1, 0.15) is 5.69 Å². The second-order valence-corrected chi connectivity index (χ2v) is 5.58. The third-order valence-corrected chi connectivity index (χ3v) is 4.42. The van der Waals surface area contributed by atoms with Gasteiger partial charge in [0, 0.05) is 13.1 Å². The lowest BCUT2D eigenvalue weighted by atomic mass is 9.98. The van der Waals surface area contributed by atoms with Crippen LogP contribution in [0.1, 0.15) is 35.1 Å². The van der Waals surface area contributed by atoms with Crippen molar-refractivity contribution in [1.82, 2.24) is 15.3 Å². The first kappa shape index (κ1) is 11.2. The molecular weight excluding hydrogens is 238 g/mol. The van der Waals surface area contributed by atoms with Gasteiger partial charge < -0.3 is 10.1 Å². The highest BCUT2D eigenvalue weighted by molar-refractivity contribution is 5.78. The van der Waals surface area contributed by atoms with Crippen molar-refractivity contribution in [3.63, 3.8) is 0 Å². The maximum Gasteiger partial charge on any atom is 0.235 e. The second-order valence-electron chi connectivity index (χ2n) is 5.58. The minimum Gasteiger partial charge on any atom is -0.480 e. The third kappa shape index (κ3) is 1.56. The van der Waals surface area contributed by atoms with E-state index in [4.69, 9.17) is 4.74 Å². The van der Waals surface area contributed by atoms with Crippen LogP contribution in [0.5, 0.6) is 5.88 Å². The summed E-state index contributed by atoms with van der Waals surface area (Å²) in [5.41, 5.74) is 5.73. The van der Waals surface area contributed by atoms with Crippen molar-refractivity contribution in [2.45, 2.75) is 25.2 Å². The monoisotopic (exact) mass is 255 g/mol. The summed E-state index contributed by atoms with van der Waals surface area (Å²) in [7, 11) is 1.65. The van der Waals surface area contributed by atoms with Crippen molar-refractivity contribution in [2.24, 2.45) is 0 Å². The minimum atomic E-state index is 0.631. The van der Waals surface area contributed by atoms with Crippen molar-refractivity contribution in [3.8, 4) is 5.88 Å². The summed E-state index contributed by atoms with van der Waals surface area (Å²) in [6.45, 7) is 4.13. The molecule has 4 rings (SSSR count). The maximum absolute atomic E-state index is 5.27. The number of benzene rings is 1. The summed E-state index contributed by atoms with van der Waals surface area (Å²) in [4.78, 5) is 9.21. The Hall–Kier alpha value is -1.68. The first-order chi connectivity index (χ1) is 9.26. The van der Waals surface area contributed by atoms with Crippen LogP contribution in [0.15, 0.2) is 12.1 Å². The number of aryl methyl sites for hydroxylation is 1. The van der Waals surface area contributed by atoms with E-state index in [2.05, 4.69) is 27.4 Å². The zero-order valence-electron chi connectivity index (χ0n) is 11.2. The molecule has 2 aliphatic rings. The number of hydrogen-bond donors (Lipinski definition) is 1. The molecule has 2 bridgehead atoms. The zero-order valence-corrected chi connectivity index (χ0v) is 11.2. The van der Waals surface area contributed by atoms with E-state index in [1.54, 1.807) is 7.11 Å². The summed E-state index contributed by atoms with van der Waals surface area (Å²) < 4.78 is 5.27. The lowest BCUT2D eigenvalue weighted by molar-refractivity contribution is 0.394. The summed E-state index contributed by atoms with van der Waals surface area (Å²) >= 11 is 0. The second kappa shape index (κ2) is 3.90. The predicted molar refractivity (Wildman–Crippen MR) is 73.8 cm³/mol. The highest BCUT2D eigenvalue weighted by atomic mass is 16.5. The summed E-state index contributed by atoms with van der Waals surface area (Å²) in [6, 6.07) is 4.46. The molecule has 1 aromatic heterocycles. The summed E-state index contributed by atoms with van der Waals surface area (Å²) in [5, 5.41) is 3.52. The third-order valence-electron chi connectivity index (χ3n) is 4.42. The highest BCUT2D eigenvalue weighted by Crippen LogP contribution is 2.44. The Kier molecular flexibility index (Phi) is 2.30. The number of piperidine rings is 1. The lowest BCUT2D eigenvalue weighted by Gasteiger charge is -2.19. The van der Waals surface area contributed by atoms with Crippen LogP contribution < -0.4 is 10.1 Å². The molecule has 4 heteroatoms. The Balaban J connectivity index is 1.96. The SMILES string of the molecule is COc1nc2cc3c(cc2nc1C)C1CNCC3C1. The summed E-state index contributed by atoms with van der Waals surface area (Å²) in [5.74, 6) is 1.93. The van der Waals surface area contributed by atoms with Gasteiger partial charge in [0.2, 0.25) is 5.88 Å². The van der Waals surface area contributed by atoms with Gasteiger partial charge in [-0.2, -0.15) is 0 Å². The van der Waals surface area contributed by atoms with E-state index in [1.165, 1.54) is 17.5 Å². The molecule has 0 radical (unpaired) electrons. The minimum absolute atomic E-state index is 0.631. The topological polar surface area (TPSA) is 47.0 Å². The normalized spacial score (nSPS) is 24.5. The molecule has 4 nitrogen and oxygen atoms in total. The summed E-state index contributed by atoms with van der Waals surface area (Å²) in [6.07, 6.45) is 1.27. The van der Waals surface area contributed by atoms with Crippen LogP contribution in [0.2, 0.25) is 0 Å². The average molecular weight is 255 g/mol. The van der Waals surface area contributed by atoms with E-state index >= 15 is 0 Å². The average Bonchev–Trinajstić information content (AvgIpc) is 2.67. The first-order valence-corrected chi connectivity index (χ1v) is 6.83. The Morgan fingerprint density at radius 3 is 2.37 bits per heavy atom. The van der Waals surface area contributed by atoms with E-state index < -0.39 is 0 Å². The number of rotatable bonds is 1. The number of fused-ring (bicyclic) bond motifs is 6. The number of nitrogens with zero attached hydrogens (tertiary/aromatic N) is 2. The predicted octanol–water partition coefficient (Wildman–Crippen LogP) is 2.12. The van der Waals surface area contributed by atoms with Gasteiger partial charge in [0.25, 0.3) is 0 Å². The molecule has 2 heterocycles. The number of aromatic nitrogens is 2. The van der Waals surface area contributed by atoms with Crippen LogP contribution in [0.25, 0.3) is 11.0 Å². The van der Waals surface area contributed by atoms with Gasteiger partial charge in [0.05, 0.1) is 18.1 Å². The zero-order chi connectivity index (χ0) is 13.0. The lowest BCUT2D eigenvalue weighted by Crippen LogP contribution is -2.28. The molecule has 1 N–H and O–H groups in total. The highest BCUT2D eigenvalue weighted by Gasteiger charge is 2.34. The van der Waals surface area contributed by atoms with Crippen LogP contribution in [0.4, 0.5) is 0 Å². The van der Waals surface area contributed by atoms with Gasteiger partial charge in [-0.3, -0.25) is 0 Å². The molecule has 98 valence electrons. The molecule has 2 aromatic rings. The Labute approximate surface area is 112 Å². The molecule has 1 aliphatic carbocycles. The van der Waals surface area contributed by atoms with Gasteiger partial charge in [-0.05, 0) is 48.4 Å². The van der Waals surface area contributed by atoms with Crippen molar-refractivity contribution in [2.75, 3.05) is 20.2 Å². The van der Waals surface area contributed by atoms with Crippen LogP contribution in [0, 0.1) is 6.92 Å². The van der Waals surface area contributed by atoms with Gasteiger partial charge in [-0.1, -0.05) is 0 Å². The molecule has 1 fully saturated rings. The van der Waals surface area contributed by atoms with Crippen molar-refractivity contribution in [1.29, 1.82) is 0 Å². The Morgan fingerprint density at radius 1 is 1.11 bits per heavy atom. The molecule has 1 aromatic carbocycles. The Morgan fingerprint density at radius 2 is 1.74 bits per heavy atom. The maximum atomic E-state index is 5.27. The van der Waals surface area contributed by atoms with Gasteiger partial charge in [-0.25, -0.2) is 9.97 Å². The van der Waals surface area contributed by atoms with E-state index in [-0.39, 0.29) is 0 Å². The fourth-order valence-corrected chi connectivity index (χ4v) is 3.52. The van der Waals surface area contributed by atoms with E-state index in [0.29, 0.717) is 17.7 Å². The van der Waals surface area contributed by atoms with Crippen LogP contribution in [-0.4, -0.2) is 30.2 Å². The molecule has 2 atom stereocenters. The number of nitrogens with one attached hydrogen (secondary N) is 1. The number of methoxy groups -OCH3 is 1. The smallest absolute Gasteiger partial charge is 0.235 e. The van der Waals surface area contributed by atoms with Gasteiger partial charge >= 0.3 is 0 Å². The fourth-order valence-electron chi connectivity index (χ4n) is 3.52. The van der Waals surface area contributed by atoms with Gasteiger partial charge in [-0.15, -0.1) is 0 Å². The van der Waals surface area contributed by atoms with Crippen LogP contribution in [-0.2, 0) is 0 Å². The molecular formula is C15H17N3O. The van der Waals surface area contributed by atoms with E-state index in [1.807, 2.05) is 6.92 Å². The molecule has 0 saturated carbocycles. The molecule has 0 amide bonds. The quantitative estimate of drug-likeness (QED) is 0.848. The van der Waals surface area contributed by atoms with E-state index in [9.17, 15) is 0 Å². The van der Waals surface area contributed by atoms with Crippen LogP contribution >= 0.6 is 0 Å². The van der Waals surface area contributed by atoms with Crippen molar-refractivity contribution < 1.29 is 4.74 Å². The molecule has 19 heavy (non-hydrogen) atoms. The first-order valence-electron chi connectivity index (χ1n) is 6.83. The number of hydrogen-bond acceptors (Lipinski definition) is 4. The number of ether oxygens (including phenoxy) is 1. The van der Waals surface area contributed by atoms with Crippen molar-refractivity contribution in [3.05, 3.63) is 29.0 Å². The van der Waals surface area contributed by atoms with Gasteiger partial charge in [0.15, 0.2) is 0 Å². The molecule has 1 saturated heterocycles. The van der Waals surface area contributed by atoms with Crippen LogP contribution in [0.3, 0.4) is 0 Å². The largest absolute Gasteiger partial charge is 0.480 e. The van der Waals surface area contributed by atoms with E-state index in [0.717, 1.165) is 29.8 Å². The molecule has 0 spiro atoms. The fraction of sp³-hybridized carbons (Fsp3) is 0.467. The molecule has 2 unspecified atom stereocenters.